The van der Waals surface area contributed by atoms with Gasteiger partial charge in [-0.25, -0.2) is 19.6 Å². The van der Waals surface area contributed by atoms with Gasteiger partial charge in [0.1, 0.15) is 31.3 Å². The summed E-state index contributed by atoms with van der Waals surface area (Å²) in [5.41, 5.74) is 2.28. The van der Waals surface area contributed by atoms with Crippen LogP contribution in [0.5, 0.6) is 0 Å². The largest absolute Gasteiger partial charge is 0.354 e. The highest BCUT2D eigenvalue weighted by atomic mass is 16.2. The van der Waals surface area contributed by atoms with Crippen molar-refractivity contribution < 1.29 is 4.79 Å². The minimum absolute atomic E-state index is 0.0670. The first-order valence-electron chi connectivity index (χ1n) is 9.07. The van der Waals surface area contributed by atoms with E-state index in [4.69, 9.17) is 0 Å². The van der Waals surface area contributed by atoms with Crippen molar-refractivity contribution in [1.82, 2.24) is 34.5 Å². The van der Waals surface area contributed by atoms with Crippen LogP contribution in [0.1, 0.15) is 11.3 Å². The van der Waals surface area contributed by atoms with Crippen LogP contribution in [0.4, 0.5) is 5.82 Å². The zero-order chi connectivity index (χ0) is 17.9. The summed E-state index contributed by atoms with van der Waals surface area (Å²) in [6.45, 7) is 5.65. The Balaban J connectivity index is 1.47. The molecule has 0 saturated carbocycles. The Morgan fingerprint density at radius 1 is 1.04 bits per heavy atom. The Morgan fingerprint density at radius 2 is 1.85 bits per heavy atom. The lowest BCUT2D eigenvalue weighted by molar-refractivity contribution is -0.131. The van der Waals surface area contributed by atoms with Crippen molar-refractivity contribution in [3.8, 4) is 0 Å². The third-order valence-corrected chi connectivity index (χ3v) is 5.18. The van der Waals surface area contributed by atoms with Gasteiger partial charge in [-0.15, -0.1) is 0 Å². The van der Waals surface area contributed by atoms with E-state index < -0.39 is 0 Å². The summed E-state index contributed by atoms with van der Waals surface area (Å²) in [5.74, 6) is 1.12. The van der Waals surface area contributed by atoms with E-state index in [0.717, 1.165) is 50.5 Å². The topological polar surface area (TPSA) is 83.3 Å². The highest BCUT2D eigenvalue weighted by Gasteiger charge is 2.25. The molecule has 1 fully saturated rings. The molecule has 2 aliphatic rings. The second kappa shape index (κ2) is 7.36. The lowest BCUT2D eigenvalue weighted by atomic mass is 10.1. The number of rotatable bonds is 3. The third-order valence-electron chi connectivity index (χ3n) is 5.18. The van der Waals surface area contributed by atoms with Crippen molar-refractivity contribution >= 4 is 11.7 Å². The molecule has 0 spiro atoms. The molecular formula is C17H24N8O. The van der Waals surface area contributed by atoms with Gasteiger partial charge in [0.15, 0.2) is 0 Å². The van der Waals surface area contributed by atoms with E-state index in [9.17, 15) is 4.79 Å². The van der Waals surface area contributed by atoms with E-state index in [1.165, 1.54) is 11.9 Å². The Morgan fingerprint density at radius 3 is 2.62 bits per heavy atom. The molecule has 0 aromatic carbocycles. The summed E-state index contributed by atoms with van der Waals surface area (Å²) in [6, 6.07) is 0. The summed E-state index contributed by atoms with van der Waals surface area (Å²) in [4.78, 5) is 32.1. The zero-order valence-corrected chi connectivity index (χ0v) is 15.1. The van der Waals surface area contributed by atoms with Crippen LogP contribution in [0.15, 0.2) is 19.0 Å². The molecule has 1 amide bonds. The molecular weight excluding hydrogens is 332 g/mol. The maximum atomic E-state index is 12.6. The molecule has 2 aromatic heterocycles. The van der Waals surface area contributed by atoms with E-state index in [0.29, 0.717) is 13.1 Å². The fraction of sp³-hybridized carbons (Fsp3) is 0.588. The van der Waals surface area contributed by atoms with Crippen molar-refractivity contribution in [3.63, 3.8) is 0 Å². The number of fused-ring (bicyclic) bond motifs is 1. The number of nitrogens with zero attached hydrogens (tertiary/aromatic N) is 8. The number of amides is 1. The van der Waals surface area contributed by atoms with Crippen molar-refractivity contribution in [2.75, 3.05) is 51.2 Å². The second-order valence-corrected chi connectivity index (χ2v) is 6.89. The van der Waals surface area contributed by atoms with E-state index >= 15 is 0 Å². The molecule has 2 aromatic rings. The molecule has 0 radical (unpaired) electrons. The van der Waals surface area contributed by atoms with Gasteiger partial charge in [0.25, 0.3) is 0 Å². The molecule has 1 saturated heterocycles. The molecule has 0 bridgehead atoms. The predicted octanol–water partition coefficient (Wildman–Crippen LogP) is -0.553. The first kappa shape index (κ1) is 16.9. The van der Waals surface area contributed by atoms with E-state index in [1.54, 1.807) is 17.3 Å². The summed E-state index contributed by atoms with van der Waals surface area (Å²) >= 11 is 0. The van der Waals surface area contributed by atoms with Crippen LogP contribution in [0.3, 0.4) is 0 Å². The third kappa shape index (κ3) is 3.52. The Hall–Kier alpha value is -2.55. The fourth-order valence-electron chi connectivity index (χ4n) is 3.60. The van der Waals surface area contributed by atoms with Crippen LogP contribution in [-0.4, -0.2) is 86.8 Å². The van der Waals surface area contributed by atoms with Gasteiger partial charge in [-0.05, 0) is 13.5 Å². The molecule has 9 nitrogen and oxygen atoms in total. The van der Waals surface area contributed by atoms with Crippen LogP contribution in [0, 0.1) is 0 Å². The van der Waals surface area contributed by atoms with Gasteiger partial charge in [0.2, 0.25) is 5.91 Å². The van der Waals surface area contributed by atoms with Crippen molar-refractivity contribution in [2.45, 2.75) is 19.4 Å². The van der Waals surface area contributed by atoms with Crippen LogP contribution in [0.2, 0.25) is 0 Å². The van der Waals surface area contributed by atoms with Gasteiger partial charge in [-0.3, -0.25) is 4.79 Å². The summed E-state index contributed by atoms with van der Waals surface area (Å²) in [5, 5.41) is 4.02. The van der Waals surface area contributed by atoms with Crippen LogP contribution < -0.4 is 4.90 Å². The van der Waals surface area contributed by atoms with Gasteiger partial charge >= 0.3 is 0 Å². The van der Waals surface area contributed by atoms with Crippen LogP contribution >= 0.6 is 0 Å². The summed E-state index contributed by atoms with van der Waals surface area (Å²) in [6.07, 6.45) is 6.24. The normalized spacial score (nSPS) is 18.5. The first-order valence-corrected chi connectivity index (χ1v) is 9.07. The van der Waals surface area contributed by atoms with Crippen LogP contribution in [-0.2, 0) is 24.2 Å². The standard InChI is InChI=1S/C17H24N8O/c1-22-6-8-24(9-7-22)17-14-2-4-23(5-3-15(14)19-12-20-17)16(26)10-25-13-18-11-21-25/h11-13H,2-10H2,1H3. The van der Waals surface area contributed by atoms with E-state index in [1.807, 2.05) is 4.90 Å². The smallest absolute Gasteiger partial charge is 0.244 e. The highest BCUT2D eigenvalue weighted by molar-refractivity contribution is 5.76. The minimum Gasteiger partial charge on any atom is -0.354 e. The molecule has 4 rings (SSSR count). The lowest BCUT2D eigenvalue weighted by Crippen LogP contribution is -2.45. The lowest BCUT2D eigenvalue weighted by Gasteiger charge is -2.34. The Labute approximate surface area is 152 Å². The number of hydrogen-bond acceptors (Lipinski definition) is 7. The fourth-order valence-corrected chi connectivity index (χ4v) is 3.60. The number of carbonyl (C=O) groups is 1. The molecule has 0 N–H and O–H groups in total. The number of carbonyl (C=O) groups excluding carboxylic acids is 1. The van der Waals surface area contributed by atoms with Gasteiger partial charge in [-0.2, -0.15) is 5.10 Å². The number of piperazine rings is 1. The van der Waals surface area contributed by atoms with Gasteiger partial charge in [0.05, 0.1) is 5.69 Å². The van der Waals surface area contributed by atoms with Crippen LogP contribution in [0.25, 0.3) is 0 Å². The number of likely N-dealkylation sites (N-methyl/N-ethyl adjacent to an activating group) is 1. The second-order valence-electron chi connectivity index (χ2n) is 6.89. The molecule has 0 unspecified atom stereocenters. The molecule has 138 valence electrons. The van der Waals surface area contributed by atoms with E-state index in [2.05, 4.69) is 36.9 Å². The van der Waals surface area contributed by atoms with Crippen molar-refractivity contribution in [2.24, 2.45) is 0 Å². The molecule has 2 aliphatic heterocycles. The average molecular weight is 356 g/mol. The molecule has 26 heavy (non-hydrogen) atoms. The quantitative estimate of drug-likeness (QED) is 0.729. The number of aromatic nitrogens is 5. The predicted molar refractivity (Wildman–Crippen MR) is 95.8 cm³/mol. The molecule has 9 heteroatoms. The maximum absolute atomic E-state index is 12.6. The average Bonchev–Trinajstić information content (AvgIpc) is 3.06. The summed E-state index contributed by atoms with van der Waals surface area (Å²) in [7, 11) is 2.15. The Bertz CT molecular complexity index is 754. The first-order chi connectivity index (χ1) is 12.7. The molecule has 0 atom stereocenters. The van der Waals surface area contributed by atoms with Gasteiger partial charge < -0.3 is 14.7 Å². The Kier molecular flexibility index (Phi) is 4.79. The maximum Gasteiger partial charge on any atom is 0.244 e. The van der Waals surface area contributed by atoms with Gasteiger partial charge in [0, 0.05) is 51.3 Å². The van der Waals surface area contributed by atoms with Crippen molar-refractivity contribution in [3.05, 3.63) is 30.2 Å². The highest BCUT2D eigenvalue weighted by Crippen LogP contribution is 2.24. The molecule has 4 heterocycles. The monoisotopic (exact) mass is 356 g/mol. The number of anilines is 1. The number of hydrogen-bond donors (Lipinski definition) is 0. The van der Waals surface area contributed by atoms with Crippen molar-refractivity contribution in [1.29, 1.82) is 0 Å². The minimum atomic E-state index is 0.0670. The van der Waals surface area contributed by atoms with Gasteiger partial charge in [-0.1, -0.05) is 0 Å². The summed E-state index contributed by atoms with van der Waals surface area (Å²) < 4.78 is 1.57. The molecule has 0 aliphatic carbocycles. The van der Waals surface area contributed by atoms with E-state index in [-0.39, 0.29) is 12.5 Å². The zero-order valence-electron chi connectivity index (χ0n) is 15.1. The SMILES string of the molecule is CN1CCN(c2ncnc3c2CCN(C(=O)Cn2cncn2)CC3)CC1.